The SMILES string of the molecule is CC(=O)O.COCC(=O)C1CCCC2C3CCC4=CC(=O)CCC4=C3C(c3ccc(N(C)C)cc3)CC12C. The van der Waals surface area contributed by atoms with E-state index in [2.05, 4.69) is 50.2 Å². The van der Waals surface area contributed by atoms with Crippen LogP contribution in [-0.2, 0) is 19.1 Å². The molecule has 0 heterocycles. The molecule has 6 nitrogen and oxygen atoms in total. The summed E-state index contributed by atoms with van der Waals surface area (Å²) >= 11 is 0. The minimum atomic E-state index is -0.833. The van der Waals surface area contributed by atoms with Crippen LogP contribution in [-0.4, -0.2) is 50.5 Å². The van der Waals surface area contributed by atoms with E-state index in [0.717, 1.165) is 45.4 Å². The summed E-state index contributed by atoms with van der Waals surface area (Å²) in [4.78, 5) is 36.6. The van der Waals surface area contributed by atoms with Crippen molar-refractivity contribution in [3.05, 3.63) is 52.6 Å². The summed E-state index contributed by atoms with van der Waals surface area (Å²) in [6.45, 7) is 3.72. The number of hydrogen-bond acceptors (Lipinski definition) is 5. The summed E-state index contributed by atoms with van der Waals surface area (Å²) < 4.78 is 5.31. The van der Waals surface area contributed by atoms with Gasteiger partial charge in [-0.15, -0.1) is 0 Å². The van der Waals surface area contributed by atoms with E-state index >= 15 is 0 Å². The lowest BCUT2D eigenvalue weighted by atomic mass is 9.46. The number of hydrogen-bond donors (Lipinski definition) is 1. The van der Waals surface area contributed by atoms with Crippen molar-refractivity contribution < 1.29 is 24.2 Å². The highest BCUT2D eigenvalue weighted by Crippen LogP contribution is 2.64. The van der Waals surface area contributed by atoms with Gasteiger partial charge in [0.1, 0.15) is 6.61 Å². The Balaban J connectivity index is 0.000000786. The second-order valence-corrected chi connectivity index (χ2v) is 12.0. The molecule has 4 aliphatic carbocycles. The van der Waals surface area contributed by atoms with Crippen molar-refractivity contribution in [2.24, 2.45) is 23.2 Å². The van der Waals surface area contributed by atoms with E-state index < -0.39 is 5.97 Å². The molecule has 0 aliphatic heterocycles. The average Bonchev–Trinajstić information content (AvgIpc) is 2.87. The van der Waals surface area contributed by atoms with Gasteiger partial charge in [-0.05, 0) is 90.7 Å². The number of rotatable bonds is 5. The highest BCUT2D eigenvalue weighted by Gasteiger charge is 2.56. The fraction of sp³-hybridized carbons (Fsp3) is 0.594. The van der Waals surface area contributed by atoms with Gasteiger partial charge in [0.25, 0.3) is 5.97 Å². The largest absolute Gasteiger partial charge is 0.481 e. The summed E-state index contributed by atoms with van der Waals surface area (Å²) in [5.74, 6) is 1.17. The van der Waals surface area contributed by atoms with Crippen LogP contribution in [0.1, 0.15) is 76.7 Å². The van der Waals surface area contributed by atoms with Crippen LogP contribution in [0, 0.1) is 23.2 Å². The number of nitrogens with zero attached hydrogens (tertiary/aromatic N) is 1. The molecule has 0 saturated heterocycles. The van der Waals surface area contributed by atoms with Gasteiger partial charge in [0.2, 0.25) is 0 Å². The molecule has 206 valence electrons. The number of aliphatic carboxylic acids is 1. The number of methoxy groups -OCH3 is 1. The Morgan fingerprint density at radius 1 is 1.08 bits per heavy atom. The van der Waals surface area contributed by atoms with Crippen molar-refractivity contribution in [1.29, 1.82) is 0 Å². The summed E-state index contributed by atoms with van der Waals surface area (Å²) in [5, 5.41) is 7.42. The number of Topliss-reactive ketones (excluding diaryl/α,β-unsaturated/α-hetero) is 1. The van der Waals surface area contributed by atoms with E-state index in [1.54, 1.807) is 12.7 Å². The molecule has 2 fully saturated rings. The van der Waals surface area contributed by atoms with Crippen LogP contribution in [0.4, 0.5) is 5.69 Å². The van der Waals surface area contributed by atoms with Gasteiger partial charge in [-0.2, -0.15) is 0 Å². The van der Waals surface area contributed by atoms with Gasteiger partial charge in [0, 0.05) is 52.1 Å². The van der Waals surface area contributed by atoms with Crippen molar-refractivity contribution in [1.82, 2.24) is 0 Å². The molecule has 5 rings (SSSR count). The lowest BCUT2D eigenvalue weighted by Gasteiger charge is -2.58. The Hall–Kier alpha value is -2.73. The zero-order valence-electron chi connectivity index (χ0n) is 23.6. The van der Waals surface area contributed by atoms with Gasteiger partial charge in [0.15, 0.2) is 11.6 Å². The van der Waals surface area contributed by atoms with Gasteiger partial charge in [-0.25, -0.2) is 0 Å². The second kappa shape index (κ2) is 11.6. The van der Waals surface area contributed by atoms with Gasteiger partial charge < -0.3 is 14.7 Å². The van der Waals surface area contributed by atoms with Crippen LogP contribution in [0.15, 0.2) is 47.1 Å². The van der Waals surface area contributed by atoms with Gasteiger partial charge in [0.05, 0.1) is 0 Å². The first kappa shape index (κ1) is 28.3. The van der Waals surface area contributed by atoms with Crippen LogP contribution < -0.4 is 4.90 Å². The van der Waals surface area contributed by atoms with E-state index in [1.807, 2.05) is 6.08 Å². The Labute approximate surface area is 227 Å². The number of benzene rings is 1. The molecule has 4 aliphatic rings. The quantitative estimate of drug-likeness (QED) is 0.514. The highest BCUT2D eigenvalue weighted by molar-refractivity contribution is 5.93. The molecule has 5 atom stereocenters. The number of carbonyl (C=O) groups excluding carboxylic acids is 2. The molecule has 0 spiro atoms. The van der Waals surface area contributed by atoms with Crippen molar-refractivity contribution in [3.8, 4) is 0 Å². The first-order chi connectivity index (χ1) is 18.1. The van der Waals surface area contributed by atoms with E-state index in [9.17, 15) is 9.59 Å². The summed E-state index contributed by atoms with van der Waals surface area (Å²) in [5.41, 5.74) is 6.92. The van der Waals surface area contributed by atoms with E-state index in [1.165, 1.54) is 28.8 Å². The first-order valence-electron chi connectivity index (χ1n) is 14.0. The van der Waals surface area contributed by atoms with Gasteiger partial charge >= 0.3 is 0 Å². The molecular formula is C32H43NO5. The Morgan fingerprint density at radius 2 is 1.76 bits per heavy atom. The van der Waals surface area contributed by atoms with Crippen LogP contribution in [0.3, 0.4) is 0 Å². The lowest BCUT2D eigenvalue weighted by molar-refractivity contribution is -0.138. The molecule has 0 bridgehead atoms. The number of ketones is 2. The Morgan fingerprint density at radius 3 is 2.39 bits per heavy atom. The maximum Gasteiger partial charge on any atom is 0.300 e. The summed E-state index contributed by atoms with van der Waals surface area (Å²) in [6.07, 6.45) is 9.90. The molecule has 0 amide bonds. The molecule has 38 heavy (non-hydrogen) atoms. The molecule has 1 aromatic carbocycles. The third kappa shape index (κ3) is 5.51. The van der Waals surface area contributed by atoms with E-state index in [-0.39, 0.29) is 29.5 Å². The molecule has 1 aromatic rings. The predicted molar refractivity (Wildman–Crippen MR) is 149 cm³/mol. The molecule has 2 saturated carbocycles. The maximum absolute atomic E-state index is 13.3. The number of carboxylic acids is 1. The lowest BCUT2D eigenvalue weighted by Crippen LogP contribution is -2.52. The summed E-state index contributed by atoms with van der Waals surface area (Å²) in [6, 6.07) is 9.05. The molecule has 1 N–H and O–H groups in total. The Bertz CT molecular complexity index is 1130. The standard InChI is InChI=1S/C30H39NO3.C2H4O2/c1-30-17-25(19-8-11-21(12-9-19)31(2)3)29-23-15-13-22(32)16-20(23)10-14-24(29)26(30)6-5-7-27(30)28(33)18-34-4;1-2(3)4/h8-9,11-12,16,24-27H,5-7,10,13-15,17-18H2,1-4H3;1H3,(H,3,4). The zero-order chi connectivity index (χ0) is 27.6. The van der Waals surface area contributed by atoms with Crippen LogP contribution in [0.5, 0.6) is 0 Å². The molecule has 0 radical (unpaired) electrons. The first-order valence-corrected chi connectivity index (χ1v) is 14.0. The van der Waals surface area contributed by atoms with Crippen LogP contribution >= 0.6 is 0 Å². The van der Waals surface area contributed by atoms with E-state index in [4.69, 9.17) is 14.6 Å². The second-order valence-electron chi connectivity index (χ2n) is 12.0. The molecular weight excluding hydrogens is 478 g/mol. The number of fused-ring (bicyclic) bond motifs is 4. The highest BCUT2D eigenvalue weighted by atomic mass is 16.5. The molecule has 5 unspecified atom stereocenters. The third-order valence-corrected chi connectivity index (χ3v) is 9.46. The number of ether oxygens (including phenoxy) is 1. The third-order valence-electron chi connectivity index (χ3n) is 9.46. The minimum Gasteiger partial charge on any atom is -0.481 e. The molecule has 0 aromatic heterocycles. The predicted octanol–water partition coefficient (Wildman–Crippen LogP) is 5.96. The number of carbonyl (C=O) groups is 3. The fourth-order valence-corrected chi connectivity index (χ4v) is 7.93. The van der Waals surface area contributed by atoms with Gasteiger partial charge in [-0.1, -0.05) is 31.1 Å². The summed E-state index contributed by atoms with van der Waals surface area (Å²) in [7, 11) is 5.79. The van der Waals surface area contributed by atoms with Crippen molar-refractivity contribution in [2.45, 2.75) is 71.1 Å². The number of anilines is 1. The van der Waals surface area contributed by atoms with Crippen molar-refractivity contribution >= 4 is 23.2 Å². The van der Waals surface area contributed by atoms with Crippen molar-refractivity contribution in [3.63, 3.8) is 0 Å². The monoisotopic (exact) mass is 521 g/mol. The Kier molecular flexibility index (Phi) is 8.61. The smallest absolute Gasteiger partial charge is 0.300 e. The number of carboxylic acid groups (broad SMARTS) is 1. The van der Waals surface area contributed by atoms with Crippen molar-refractivity contribution in [2.75, 3.05) is 32.7 Å². The van der Waals surface area contributed by atoms with Gasteiger partial charge in [-0.3, -0.25) is 14.4 Å². The maximum atomic E-state index is 13.3. The van der Waals surface area contributed by atoms with Crippen LogP contribution in [0.2, 0.25) is 0 Å². The minimum absolute atomic E-state index is 0.0147. The average molecular weight is 522 g/mol. The molecule has 6 heteroatoms. The van der Waals surface area contributed by atoms with Crippen LogP contribution in [0.25, 0.3) is 0 Å². The van der Waals surface area contributed by atoms with E-state index in [0.29, 0.717) is 24.2 Å². The topological polar surface area (TPSA) is 83.9 Å². The number of allylic oxidation sites excluding steroid dienone is 4. The fourth-order valence-electron chi connectivity index (χ4n) is 7.93. The normalized spacial score (nSPS) is 30.1. The zero-order valence-corrected chi connectivity index (χ0v) is 23.6.